The van der Waals surface area contributed by atoms with Gasteiger partial charge in [-0.15, -0.1) is 0 Å². The summed E-state index contributed by atoms with van der Waals surface area (Å²) >= 11 is 0. The van der Waals surface area contributed by atoms with Crippen LogP contribution in [0.1, 0.15) is 21.6 Å². The number of nitrogens with zero attached hydrogens (tertiary/aromatic N) is 2. The highest BCUT2D eigenvalue weighted by Gasteiger charge is 2.21. The molecule has 0 saturated heterocycles. The molecule has 0 unspecified atom stereocenters. The predicted octanol–water partition coefficient (Wildman–Crippen LogP) is 3.72. The molecule has 0 spiro atoms. The van der Waals surface area contributed by atoms with Crippen molar-refractivity contribution in [3.63, 3.8) is 0 Å². The lowest BCUT2D eigenvalue weighted by molar-refractivity contribution is 0.103. The van der Waals surface area contributed by atoms with Crippen LogP contribution < -0.4 is 10.9 Å². The molecule has 0 fully saturated rings. The molecule has 4 rings (SSSR count). The lowest BCUT2D eigenvalue weighted by Gasteiger charge is -2.18. The van der Waals surface area contributed by atoms with E-state index in [-0.39, 0.29) is 22.5 Å². The second-order valence-corrected chi connectivity index (χ2v) is 6.81. The standard InChI is InChI=1S/C23H18F2N4O2/c24-15-6-7-18(20(25)12-15)22(31)19-8-9-21(30)29(17-4-2-1-3-5-17)23(19)27-11-10-16-13-26-14-28-16/h1-9,12-14,27H,10-11H2,(H,26,28). The van der Waals surface area contributed by atoms with Crippen LogP contribution in [-0.2, 0) is 6.42 Å². The summed E-state index contributed by atoms with van der Waals surface area (Å²) in [5, 5.41) is 3.14. The third kappa shape index (κ3) is 4.28. The highest BCUT2D eigenvalue weighted by molar-refractivity contribution is 6.12. The van der Waals surface area contributed by atoms with Crippen LogP contribution in [0.3, 0.4) is 0 Å². The van der Waals surface area contributed by atoms with Crippen molar-refractivity contribution in [3.8, 4) is 5.69 Å². The summed E-state index contributed by atoms with van der Waals surface area (Å²) in [5.41, 5.74) is 0.876. The number of aromatic nitrogens is 3. The Morgan fingerprint density at radius 1 is 1.03 bits per heavy atom. The van der Waals surface area contributed by atoms with Gasteiger partial charge >= 0.3 is 0 Å². The molecule has 0 radical (unpaired) electrons. The number of benzene rings is 2. The van der Waals surface area contributed by atoms with Gasteiger partial charge in [-0.05, 0) is 30.3 Å². The van der Waals surface area contributed by atoms with Gasteiger partial charge in [-0.3, -0.25) is 14.2 Å². The van der Waals surface area contributed by atoms with E-state index in [1.807, 2.05) is 6.07 Å². The first-order valence-corrected chi connectivity index (χ1v) is 9.57. The van der Waals surface area contributed by atoms with Crippen molar-refractivity contribution in [3.05, 3.63) is 112 Å². The summed E-state index contributed by atoms with van der Waals surface area (Å²) in [7, 11) is 0. The van der Waals surface area contributed by atoms with Crippen LogP contribution in [-0.4, -0.2) is 26.9 Å². The molecule has 2 N–H and O–H groups in total. The number of carbonyl (C=O) groups excluding carboxylic acids is 1. The first-order chi connectivity index (χ1) is 15.0. The summed E-state index contributed by atoms with van der Waals surface area (Å²) in [4.78, 5) is 32.8. The Balaban J connectivity index is 1.80. The average Bonchev–Trinajstić information content (AvgIpc) is 3.28. The zero-order valence-corrected chi connectivity index (χ0v) is 16.3. The maximum atomic E-state index is 14.3. The minimum atomic E-state index is -0.967. The summed E-state index contributed by atoms with van der Waals surface area (Å²) in [6.07, 6.45) is 3.79. The number of para-hydroxylation sites is 1. The zero-order chi connectivity index (χ0) is 21.8. The number of anilines is 1. The van der Waals surface area contributed by atoms with Crippen molar-refractivity contribution in [1.29, 1.82) is 0 Å². The molecule has 6 nitrogen and oxygen atoms in total. The monoisotopic (exact) mass is 420 g/mol. The second kappa shape index (κ2) is 8.74. The molecule has 156 valence electrons. The van der Waals surface area contributed by atoms with Crippen molar-refractivity contribution in [1.82, 2.24) is 14.5 Å². The fraction of sp³-hybridized carbons (Fsp3) is 0.0870. The Hall–Kier alpha value is -4.07. The fourth-order valence-electron chi connectivity index (χ4n) is 3.29. The van der Waals surface area contributed by atoms with Gasteiger partial charge in [0.2, 0.25) is 0 Å². The molecular weight excluding hydrogens is 402 g/mol. The third-order valence-electron chi connectivity index (χ3n) is 4.77. The first-order valence-electron chi connectivity index (χ1n) is 9.57. The molecule has 0 aliphatic carbocycles. The van der Waals surface area contributed by atoms with Crippen LogP contribution in [0.2, 0.25) is 0 Å². The number of halogens is 2. The van der Waals surface area contributed by atoms with Crippen molar-refractivity contribution in [2.75, 3.05) is 11.9 Å². The number of nitrogens with one attached hydrogen (secondary N) is 2. The Morgan fingerprint density at radius 3 is 2.52 bits per heavy atom. The molecule has 0 aliphatic heterocycles. The smallest absolute Gasteiger partial charge is 0.256 e. The molecule has 2 heterocycles. The molecule has 31 heavy (non-hydrogen) atoms. The molecule has 0 bridgehead atoms. The van der Waals surface area contributed by atoms with E-state index in [9.17, 15) is 18.4 Å². The van der Waals surface area contributed by atoms with Gasteiger partial charge in [-0.1, -0.05) is 18.2 Å². The van der Waals surface area contributed by atoms with Gasteiger partial charge in [0, 0.05) is 37.0 Å². The third-order valence-corrected chi connectivity index (χ3v) is 4.77. The minimum Gasteiger partial charge on any atom is -0.370 e. The Morgan fingerprint density at radius 2 is 1.81 bits per heavy atom. The van der Waals surface area contributed by atoms with Crippen LogP contribution in [0.25, 0.3) is 5.69 Å². The number of carbonyl (C=O) groups is 1. The van der Waals surface area contributed by atoms with Crippen LogP contribution >= 0.6 is 0 Å². The number of rotatable bonds is 7. The van der Waals surface area contributed by atoms with Crippen molar-refractivity contribution in [2.45, 2.75) is 6.42 Å². The van der Waals surface area contributed by atoms with E-state index in [1.54, 1.807) is 36.8 Å². The molecule has 0 atom stereocenters. The van der Waals surface area contributed by atoms with Gasteiger partial charge in [-0.25, -0.2) is 13.8 Å². The average molecular weight is 420 g/mol. The number of imidazole rings is 1. The lowest BCUT2D eigenvalue weighted by atomic mass is 10.0. The lowest BCUT2D eigenvalue weighted by Crippen LogP contribution is -2.25. The number of hydrogen-bond donors (Lipinski definition) is 2. The summed E-state index contributed by atoms with van der Waals surface area (Å²) in [5.74, 6) is -2.18. The Labute approximate surface area is 176 Å². The van der Waals surface area contributed by atoms with Crippen molar-refractivity contribution >= 4 is 11.6 Å². The number of ketones is 1. The van der Waals surface area contributed by atoms with Gasteiger partial charge in [0.05, 0.1) is 23.1 Å². The van der Waals surface area contributed by atoms with E-state index in [4.69, 9.17) is 0 Å². The number of pyridine rings is 1. The van der Waals surface area contributed by atoms with E-state index < -0.39 is 17.4 Å². The topological polar surface area (TPSA) is 79.8 Å². The molecule has 0 amide bonds. The fourth-order valence-corrected chi connectivity index (χ4v) is 3.29. The van der Waals surface area contributed by atoms with Crippen LogP contribution in [0.5, 0.6) is 0 Å². The van der Waals surface area contributed by atoms with Gasteiger partial charge < -0.3 is 10.3 Å². The Kier molecular flexibility index (Phi) is 5.70. The predicted molar refractivity (Wildman–Crippen MR) is 113 cm³/mol. The molecular formula is C23H18F2N4O2. The first kappa shape index (κ1) is 20.2. The summed E-state index contributed by atoms with van der Waals surface area (Å²) < 4.78 is 29.0. The SMILES string of the molecule is O=C(c1ccc(F)cc1F)c1ccc(=O)n(-c2ccccc2)c1NCCc1cnc[nH]1. The van der Waals surface area contributed by atoms with E-state index in [0.29, 0.717) is 24.7 Å². The Bertz CT molecular complexity index is 1270. The van der Waals surface area contributed by atoms with Gasteiger partial charge in [0.25, 0.3) is 5.56 Å². The molecule has 2 aromatic heterocycles. The van der Waals surface area contributed by atoms with Crippen LogP contribution in [0.4, 0.5) is 14.6 Å². The number of hydrogen-bond acceptors (Lipinski definition) is 4. The number of aromatic amines is 1. The van der Waals surface area contributed by atoms with Crippen molar-refractivity contribution in [2.24, 2.45) is 0 Å². The van der Waals surface area contributed by atoms with Gasteiger partial charge in [0.1, 0.15) is 17.5 Å². The summed E-state index contributed by atoms with van der Waals surface area (Å²) in [6.45, 7) is 0.380. The molecule has 4 aromatic rings. The van der Waals surface area contributed by atoms with E-state index in [0.717, 1.165) is 17.8 Å². The van der Waals surface area contributed by atoms with E-state index in [1.165, 1.54) is 16.7 Å². The van der Waals surface area contributed by atoms with E-state index >= 15 is 0 Å². The van der Waals surface area contributed by atoms with Gasteiger partial charge in [-0.2, -0.15) is 0 Å². The van der Waals surface area contributed by atoms with Gasteiger partial charge in [0.15, 0.2) is 5.78 Å². The van der Waals surface area contributed by atoms with E-state index in [2.05, 4.69) is 15.3 Å². The normalized spacial score (nSPS) is 10.8. The maximum absolute atomic E-state index is 14.3. The van der Waals surface area contributed by atoms with Crippen molar-refractivity contribution < 1.29 is 13.6 Å². The second-order valence-electron chi connectivity index (χ2n) is 6.81. The quantitative estimate of drug-likeness (QED) is 0.447. The molecule has 0 aliphatic rings. The highest BCUT2D eigenvalue weighted by Crippen LogP contribution is 2.23. The largest absolute Gasteiger partial charge is 0.370 e. The zero-order valence-electron chi connectivity index (χ0n) is 16.3. The summed E-state index contributed by atoms with van der Waals surface area (Å²) in [6, 6.07) is 14.2. The minimum absolute atomic E-state index is 0.0959. The number of H-pyrrole nitrogens is 1. The molecule has 0 saturated carbocycles. The van der Waals surface area contributed by atoms with Crippen LogP contribution in [0.15, 0.2) is 78.0 Å². The molecule has 8 heteroatoms. The highest BCUT2D eigenvalue weighted by atomic mass is 19.1. The van der Waals surface area contributed by atoms with Crippen LogP contribution in [0, 0.1) is 11.6 Å². The molecule has 2 aromatic carbocycles. The maximum Gasteiger partial charge on any atom is 0.256 e.